The van der Waals surface area contributed by atoms with Crippen LogP contribution in [0.4, 0.5) is 0 Å². The van der Waals surface area contributed by atoms with Crippen molar-refractivity contribution in [1.29, 1.82) is 0 Å². The summed E-state index contributed by atoms with van der Waals surface area (Å²) >= 11 is 3.36. The number of rotatable bonds is 7. The second-order valence-corrected chi connectivity index (χ2v) is 5.46. The molecule has 0 saturated heterocycles. The van der Waals surface area contributed by atoms with E-state index in [9.17, 15) is 4.79 Å². The Labute approximate surface area is 157 Å². The van der Waals surface area contributed by atoms with Gasteiger partial charge in [-0.2, -0.15) is 0 Å². The van der Waals surface area contributed by atoms with Crippen LogP contribution in [0.3, 0.4) is 0 Å². The molecule has 7 heteroatoms. The zero-order chi connectivity index (χ0) is 15.5. The number of benzene rings is 1. The molecule has 0 aliphatic heterocycles. The molecule has 5 nitrogen and oxygen atoms in total. The molecule has 124 valence electrons. The van der Waals surface area contributed by atoms with Gasteiger partial charge in [-0.05, 0) is 31.0 Å². The quantitative estimate of drug-likeness (QED) is 0.242. The number of aliphatic imine (C=N–C) groups is 1. The van der Waals surface area contributed by atoms with E-state index in [-0.39, 0.29) is 29.9 Å². The molecule has 0 heterocycles. The van der Waals surface area contributed by atoms with Gasteiger partial charge in [0.15, 0.2) is 5.96 Å². The minimum absolute atomic E-state index is 0. The summed E-state index contributed by atoms with van der Waals surface area (Å²) in [5.41, 5.74) is 0.665. The Bertz CT molecular complexity index is 482. The average molecular weight is 483 g/mol. The van der Waals surface area contributed by atoms with Crippen LogP contribution in [-0.4, -0.2) is 38.5 Å². The van der Waals surface area contributed by atoms with Gasteiger partial charge in [0.25, 0.3) is 5.91 Å². The largest absolute Gasteiger partial charge is 0.356 e. The van der Waals surface area contributed by atoms with Crippen LogP contribution in [0.15, 0.2) is 33.7 Å². The van der Waals surface area contributed by atoms with Crippen LogP contribution in [0.1, 0.15) is 30.1 Å². The number of hydrogen-bond donors (Lipinski definition) is 3. The Morgan fingerprint density at radius 2 is 1.86 bits per heavy atom. The summed E-state index contributed by atoms with van der Waals surface area (Å²) in [7, 11) is 1.75. The predicted octanol–water partition coefficient (Wildman–Crippen LogP) is 2.76. The third-order valence-corrected chi connectivity index (χ3v) is 3.28. The van der Waals surface area contributed by atoms with Crippen molar-refractivity contribution in [1.82, 2.24) is 16.0 Å². The monoisotopic (exact) mass is 482 g/mol. The van der Waals surface area contributed by atoms with Gasteiger partial charge >= 0.3 is 0 Å². The maximum absolute atomic E-state index is 11.9. The van der Waals surface area contributed by atoms with E-state index in [2.05, 4.69) is 43.8 Å². The molecule has 0 unspecified atom stereocenters. The minimum atomic E-state index is -0.0511. The van der Waals surface area contributed by atoms with Gasteiger partial charge in [-0.25, -0.2) is 0 Å². The predicted molar refractivity (Wildman–Crippen MR) is 106 cm³/mol. The van der Waals surface area contributed by atoms with Gasteiger partial charge in [0.1, 0.15) is 0 Å². The van der Waals surface area contributed by atoms with Gasteiger partial charge in [-0.3, -0.25) is 9.79 Å². The molecule has 1 amide bonds. The summed E-state index contributed by atoms with van der Waals surface area (Å²) in [5.74, 6) is 0.750. The molecule has 0 aliphatic rings. The second kappa shape index (κ2) is 12.7. The molecule has 0 atom stereocenters. The molecule has 1 aromatic carbocycles. The van der Waals surface area contributed by atoms with E-state index in [1.165, 1.54) is 0 Å². The van der Waals surface area contributed by atoms with Crippen LogP contribution in [0.2, 0.25) is 0 Å². The molecule has 0 aliphatic carbocycles. The highest BCUT2D eigenvalue weighted by Gasteiger charge is 2.04. The smallest absolute Gasteiger partial charge is 0.251 e. The van der Waals surface area contributed by atoms with Gasteiger partial charge < -0.3 is 16.0 Å². The third-order valence-electron chi connectivity index (χ3n) is 2.78. The zero-order valence-corrected chi connectivity index (χ0v) is 16.9. The summed E-state index contributed by atoms with van der Waals surface area (Å²) in [5, 5.41) is 9.31. The maximum atomic E-state index is 11.9. The summed E-state index contributed by atoms with van der Waals surface area (Å²) in [6.07, 6.45) is 1.90. The summed E-state index contributed by atoms with van der Waals surface area (Å²) in [6.45, 7) is 4.41. The molecule has 1 aromatic rings. The van der Waals surface area contributed by atoms with Gasteiger partial charge in [-0.15, -0.1) is 24.0 Å². The van der Waals surface area contributed by atoms with E-state index in [4.69, 9.17) is 0 Å². The lowest BCUT2D eigenvalue weighted by molar-refractivity contribution is 0.0953. The first-order chi connectivity index (χ1) is 10.2. The number of carbonyl (C=O) groups excluding carboxylic acids is 1. The van der Waals surface area contributed by atoms with E-state index in [1.54, 1.807) is 13.1 Å². The van der Waals surface area contributed by atoms with Crippen molar-refractivity contribution < 1.29 is 4.79 Å². The maximum Gasteiger partial charge on any atom is 0.251 e. The van der Waals surface area contributed by atoms with Crippen LogP contribution >= 0.6 is 39.9 Å². The van der Waals surface area contributed by atoms with Crippen molar-refractivity contribution >= 4 is 51.8 Å². The fraction of sp³-hybridized carbons (Fsp3) is 0.467. The summed E-state index contributed by atoms with van der Waals surface area (Å²) < 4.78 is 0.905. The van der Waals surface area contributed by atoms with Crippen LogP contribution in [0.25, 0.3) is 0 Å². The van der Waals surface area contributed by atoms with Crippen LogP contribution in [0.5, 0.6) is 0 Å². The number of hydrogen-bond acceptors (Lipinski definition) is 2. The highest BCUT2D eigenvalue weighted by Crippen LogP contribution is 2.11. The molecule has 3 N–H and O–H groups in total. The van der Waals surface area contributed by atoms with Crippen molar-refractivity contribution in [3.8, 4) is 0 Å². The van der Waals surface area contributed by atoms with Crippen LogP contribution < -0.4 is 16.0 Å². The molecule has 0 spiro atoms. The molecule has 0 fully saturated rings. The van der Waals surface area contributed by atoms with E-state index >= 15 is 0 Å². The first-order valence-corrected chi connectivity index (χ1v) is 7.95. The molecular formula is C15H24BrIN4O. The number of amides is 1. The SMILES string of the molecule is CCCNC(=NC)NCCCNC(=O)c1cccc(Br)c1.I. The third kappa shape index (κ3) is 8.57. The number of nitrogens with zero attached hydrogens (tertiary/aromatic N) is 1. The molecule has 22 heavy (non-hydrogen) atoms. The van der Waals surface area contributed by atoms with Crippen molar-refractivity contribution in [2.24, 2.45) is 4.99 Å². The molecule has 0 saturated carbocycles. The number of halogens is 2. The average Bonchev–Trinajstić information content (AvgIpc) is 2.49. The molecule has 0 aromatic heterocycles. The number of carbonyl (C=O) groups is 1. The summed E-state index contributed by atoms with van der Waals surface area (Å²) in [6, 6.07) is 7.36. The highest BCUT2D eigenvalue weighted by atomic mass is 127. The van der Waals surface area contributed by atoms with E-state index in [1.807, 2.05) is 18.2 Å². The van der Waals surface area contributed by atoms with Crippen molar-refractivity contribution in [3.63, 3.8) is 0 Å². The Hall–Kier alpha value is -0.830. The Kier molecular flexibility index (Phi) is 12.2. The van der Waals surface area contributed by atoms with Crippen molar-refractivity contribution in [2.45, 2.75) is 19.8 Å². The second-order valence-electron chi connectivity index (χ2n) is 4.55. The Morgan fingerprint density at radius 1 is 1.18 bits per heavy atom. The Morgan fingerprint density at radius 3 is 2.50 bits per heavy atom. The number of nitrogens with one attached hydrogen (secondary N) is 3. The van der Waals surface area contributed by atoms with Gasteiger partial charge in [0.05, 0.1) is 0 Å². The van der Waals surface area contributed by atoms with Crippen molar-refractivity contribution in [3.05, 3.63) is 34.3 Å². The lowest BCUT2D eigenvalue weighted by Gasteiger charge is -2.11. The first-order valence-electron chi connectivity index (χ1n) is 7.15. The molecular weight excluding hydrogens is 459 g/mol. The van der Waals surface area contributed by atoms with E-state index in [0.717, 1.165) is 36.4 Å². The van der Waals surface area contributed by atoms with Gasteiger partial charge in [0, 0.05) is 36.7 Å². The molecule has 1 rings (SSSR count). The number of guanidine groups is 1. The summed E-state index contributed by atoms with van der Waals surface area (Å²) in [4.78, 5) is 16.0. The molecule has 0 bridgehead atoms. The lowest BCUT2D eigenvalue weighted by atomic mass is 10.2. The molecule has 0 radical (unpaired) electrons. The van der Waals surface area contributed by atoms with E-state index < -0.39 is 0 Å². The fourth-order valence-corrected chi connectivity index (χ4v) is 2.09. The van der Waals surface area contributed by atoms with E-state index in [0.29, 0.717) is 12.1 Å². The van der Waals surface area contributed by atoms with Gasteiger partial charge in [-0.1, -0.05) is 28.9 Å². The Balaban J connectivity index is 0.00000441. The van der Waals surface area contributed by atoms with Crippen molar-refractivity contribution in [2.75, 3.05) is 26.7 Å². The minimum Gasteiger partial charge on any atom is -0.356 e. The van der Waals surface area contributed by atoms with Gasteiger partial charge in [0.2, 0.25) is 0 Å². The standard InChI is InChI=1S/C15H23BrN4O.HI/c1-3-8-19-15(17-2)20-10-5-9-18-14(21)12-6-4-7-13(16)11-12;/h4,6-7,11H,3,5,8-10H2,1-2H3,(H,18,21)(H2,17,19,20);1H. The highest BCUT2D eigenvalue weighted by molar-refractivity contribution is 14.0. The fourth-order valence-electron chi connectivity index (χ4n) is 1.69. The lowest BCUT2D eigenvalue weighted by Crippen LogP contribution is -2.39. The van der Waals surface area contributed by atoms with Crippen LogP contribution in [-0.2, 0) is 0 Å². The zero-order valence-electron chi connectivity index (χ0n) is 13.0. The normalized spacial score (nSPS) is 10.6. The van der Waals surface area contributed by atoms with Crippen LogP contribution in [0, 0.1) is 0 Å². The first kappa shape index (κ1) is 21.2. The topological polar surface area (TPSA) is 65.5 Å².